The number of halogens is 3. The zero-order chi connectivity index (χ0) is 26.7. The average Bonchev–Trinajstić information content (AvgIpc) is 2.89. The van der Waals surface area contributed by atoms with Gasteiger partial charge in [-0.15, -0.1) is 0 Å². The molecule has 2 heterocycles. The first-order valence-electron chi connectivity index (χ1n) is 13.0. The standard InChI is InChI=1S/C29H31F3N4O2/c1-38-19-25-24(18-20-7-5-12-23(17-20)29(30,31)32)27(34-26(33-25)21-8-3-2-4-9-21)35-13-15-36(16-14-35)28(37)22-10-6-11-22/h2-5,7-9,12,17,22H,6,10-11,13-16,18-19H2,1H3. The second-order valence-corrected chi connectivity index (χ2v) is 9.91. The number of hydrogen-bond acceptors (Lipinski definition) is 5. The fourth-order valence-electron chi connectivity index (χ4n) is 5.05. The van der Waals surface area contributed by atoms with Crippen molar-refractivity contribution in [2.75, 3.05) is 38.2 Å². The van der Waals surface area contributed by atoms with Crippen LogP contribution in [0.1, 0.15) is 41.6 Å². The summed E-state index contributed by atoms with van der Waals surface area (Å²) in [7, 11) is 1.57. The molecule has 1 saturated carbocycles. The largest absolute Gasteiger partial charge is 0.416 e. The van der Waals surface area contributed by atoms with Crippen LogP contribution in [0.15, 0.2) is 54.6 Å². The number of alkyl halides is 3. The van der Waals surface area contributed by atoms with Crippen molar-refractivity contribution in [2.24, 2.45) is 5.92 Å². The fourth-order valence-corrected chi connectivity index (χ4v) is 5.05. The van der Waals surface area contributed by atoms with E-state index in [1.54, 1.807) is 13.2 Å². The van der Waals surface area contributed by atoms with Gasteiger partial charge in [-0.2, -0.15) is 13.2 Å². The van der Waals surface area contributed by atoms with Gasteiger partial charge in [0.2, 0.25) is 5.91 Å². The molecule has 1 aromatic heterocycles. The Morgan fingerprint density at radius 2 is 1.74 bits per heavy atom. The number of ether oxygens (including phenoxy) is 1. The molecule has 38 heavy (non-hydrogen) atoms. The van der Waals surface area contributed by atoms with E-state index >= 15 is 0 Å². The van der Waals surface area contributed by atoms with E-state index < -0.39 is 11.7 Å². The lowest BCUT2D eigenvalue weighted by atomic mass is 9.84. The predicted octanol–water partition coefficient (Wildman–Crippen LogP) is 5.35. The van der Waals surface area contributed by atoms with E-state index in [9.17, 15) is 18.0 Å². The maximum atomic E-state index is 13.4. The minimum Gasteiger partial charge on any atom is -0.378 e. The third kappa shape index (κ3) is 5.67. The zero-order valence-electron chi connectivity index (χ0n) is 21.4. The van der Waals surface area contributed by atoms with Crippen LogP contribution in [-0.4, -0.2) is 54.1 Å². The van der Waals surface area contributed by atoms with Gasteiger partial charge in [-0.05, 0) is 24.5 Å². The number of nitrogens with zero attached hydrogens (tertiary/aromatic N) is 4. The van der Waals surface area contributed by atoms with Gasteiger partial charge in [0.25, 0.3) is 0 Å². The highest BCUT2D eigenvalue weighted by Gasteiger charge is 2.33. The Bertz CT molecular complexity index is 1270. The summed E-state index contributed by atoms with van der Waals surface area (Å²) in [6, 6.07) is 15.0. The maximum Gasteiger partial charge on any atom is 0.416 e. The first-order valence-corrected chi connectivity index (χ1v) is 13.0. The molecule has 5 rings (SSSR count). The smallest absolute Gasteiger partial charge is 0.378 e. The van der Waals surface area contributed by atoms with Crippen LogP contribution >= 0.6 is 0 Å². The number of amides is 1. The third-order valence-corrected chi connectivity index (χ3v) is 7.36. The molecule has 2 fully saturated rings. The van der Waals surface area contributed by atoms with E-state index in [4.69, 9.17) is 14.7 Å². The van der Waals surface area contributed by atoms with Crippen molar-refractivity contribution in [1.82, 2.24) is 14.9 Å². The van der Waals surface area contributed by atoms with Gasteiger partial charge < -0.3 is 14.5 Å². The highest BCUT2D eigenvalue weighted by Crippen LogP contribution is 2.33. The molecule has 0 radical (unpaired) electrons. The Kier molecular flexibility index (Phi) is 7.65. The molecule has 0 bridgehead atoms. The van der Waals surface area contributed by atoms with Gasteiger partial charge in [0.1, 0.15) is 5.82 Å². The van der Waals surface area contributed by atoms with E-state index in [1.807, 2.05) is 35.2 Å². The Morgan fingerprint density at radius 3 is 2.37 bits per heavy atom. The number of methoxy groups -OCH3 is 1. The monoisotopic (exact) mass is 524 g/mol. The minimum absolute atomic E-state index is 0.148. The summed E-state index contributed by atoms with van der Waals surface area (Å²) >= 11 is 0. The van der Waals surface area contributed by atoms with Crippen LogP contribution < -0.4 is 4.90 Å². The molecule has 1 amide bonds. The molecule has 1 saturated heterocycles. The number of hydrogen-bond donors (Lipinski definition) is 0. The molecule has 0 N–H and O–H groups in total. The van der Waals surface area contributed by atoms with Crippen LogP contribution in [0.2, 0.25) is 0 Å². The van der Waals surface area contributed by atoms with E-state index in [-0.39, 0.29) is 24.9 Å². The number of carbonyl (C=O) groups is 1. The molecule has 0 spiro atoms. The van der Waals surface area contributed by atoms with Crippen LogP contribution in [0.4, 0.5) is 19.0 Å². The number of piperazine rings is 1. The summed E-state index contributed by atoms with van der Waals surface area (Å²) in [5, 5.41) is 0. The van der Waals surface area contributed by atoms with Gasteiger partial charge in [-0.1, -0.05) is 55.0 Å². The number of benzene rings is 2. The van der Waals surface area contributed by atoms with E-state index in [2.05, 4.69) is 4.90 Å². The van der Waals surface area contributed by atoms with E-state index in [0.717, 1.165) is 36.5 Å². The Balaban J connectivity index is 1.51. The normalized spacial score (nSPS) is 16.4. The number of carbonyl (C=O) groups excluding carboxylic acids is 1. The summed E-state index contributed by atoms with van der Waals surface area (Å²) in [6.45, 7) is 2.55. The molecular formula is C29H31F3N4O2. The molecule has 6 nitrogen and oxygen atoms in total. The molecular weight excluding hydrogens is 493 g/mol. The van der Waals surface area contributed by atoms with Gasteiger partial charge in [-0.3, -0.25) is 4.79 Å². The summed E-state index contributed by atoms with van der Waals surface area (Å²) < 4.78 is 45.7. The quantitative estimate of drug-likeness (QED) is 0.417. The van der Waals surface area contributed by atoms with E-state index in [0.29, 0.717) is 49.1 Å². The minimum atomic E-state index is -4.43. The molecule has 9 heteroatoms. The summed E-state index contributed by atoms with van der Waals surface area (Å²) in [4.78, 5) is 26.6. The van der Waals surface area contributed by atoms with Crippen LogP contribution in [0.25, 0.3) is 11.4 Å². The van der Waals surface area contributed by atoms with Crippen LogP contribution in [0.5, 0.6) is 0 Å². The second-order valence-electron chi connectivity index (χ2n) is 9.91. The average molecular weight is 525 g/mol. The Morgan fingerprint density at radius 1 is 1.00 bits per heavy atom. The van der Waals surface area contributed by atoms with Crippen molar-refractivity contribution < 1.29 is 22.7 Å². The first-order chi connectivity index (χ1) is 18.3. The van der Waals surface area contributed by atoms with Crippen LogP contribution in [-0.2, 0) is 28.7 Å². The summed E-state index contributed by atoms with van der Waals surface area (Å²) in [5.41, 5.74) is 2.06. The van der Waals surface area contributed by atoms with Crippen LogP contribution in [0, 0.1) is 5.92 Å². The number of aromatic nitrogens is 2. The SMILES string of the molecule is COCc1nc(-c2ccccc2)nc(N2CCN(C(=O)C3CCC3)CC2)c1Cc1cccc(C(F)(F)F)c1. The molecule has 1 aliphatic carbocycles. The van der Waals surface area contributed by atoms with Gasteiger partial charge >= 0.3 is 6.18 Å². The molecule has 2 aromatic carbocycles. The van der Waals surface area contributed by atoms with Crippen molar-refractivity contribution in [3.8, 4) is 11.4 Å². The highest BCUT2D eigenvalue weighted by atomic mass is 19.4. The number of anilines is 1. The molecule has 0 atom stereocenters. The lowest BCUT2D eigenvalue weighted by molar-refractivity contribution is -0.138. The molecule has 3 aromatic rings. The Hall–Kier alpha value is -3.46. The van der Waals surface area contributed by atoms with Gasteiger partial charge in [0.05, 0.1) is 17.9 Å². The van der Waals surface area contributed by atoms with Crippen molar-refractivity contribution in [1.29, 1.82) is 0 Å². The van der Waals surface area contributed by atoms with Gasteiger partial charge in [-0.25, -0.2) is 9.97 Å². The van der Waals surface area contributed by atoms with Crippen molar-refractivity contribution in [3.63, 3.8) is 0 Å². The molecule has 1 aliphatic heterocycles. The van der Waals surface area contributed by atoms with Gasteiger partial charge in [0.15, 0.2) is 5.82 Å². The fraction of sp³-hybridized carbons (Fsp3) is 0.414. The summed E-state index contributed by atoms with van der Waals surface area (Å²) in [5.74, 6) is 1.59. The van der Waals surface area contributed by atoms with E-state index in [1.165, 1.54) is 12.1 Å². The molecule has 2 aliphatic rings. The van der Waals surface area contributed by atoms with Crippen molar-refractivity contribution in [3.05, 3.63) is 77.0 Å². The predicted molar refractivity (Wildman–Crippen MR) is 139 cm³/mol. The lowest BCUT2D eigenvalue weighted by Crippen LogP contribution is -2.51. The molecule has 200 valence electrons. The zero-order valence-corrected chi connectivity index (χ0v) is 21.4. The van der Waals surface area contributed by atoms with Crippen molar-refractivity contribution >= 4 is 11.7 Å². The van der Waals surface area contributed by atoms with Crippen molar-refractivity contribution in [2.45, 2.75) is 38.5 Å². The van der Waals surface area contributed by atoms with Crippen LogP contribution in [0.3, 0.4) is 0 Å². The summed E-state index contributed by atoms with van der Waals surface area (Å²) in [6.07, 6.45) is -1.15. The maximum absolute atomic E-state index is 13.4. The third-order valence-electron chi connectivity index (χ3n) is 7.36. The second kappa shape index (κ2) is 11.1. The first kappa shape index (κ1) is 26.2. The highest BCUT2D eigenvalue weighted by molar-refractivity contribution is 5.80. The topological polar surface area (TPSA) is 58.6 Å². The Labute approximate surface area is 220 Å². The number of rotatable bonds is 7. The lowest BCUT2D eigenvalue weighted by Gasteiger charge is -2.39. The molecule has 0 unspecified atom stereocenters. The van der Waals surface area contributed by atoms with Gasteiger partial charge in [0, 0.05) is 56.8 Å².